The monoisotopic (exact) mass is 347 g/mol. The van der Waals surface area contributed by atoms with Gasteiger partial charge in [-0.15, -0.1) is 11.8 Å². The van der Waals surface area contributed by atoms with E-state index < -0.39 is 5.97 Å². The molecule has 1 aromatic rings. The number of hydrogen-bond donors (Lipinski definition) is 0. The lowest BCUT2D eigenvalue weighted by Crippen LogP contribution is -2.30. The molecule has 1 heterocycles. The van der Waals surface area contributed by atoms with E-state index in [4.69, 9.17) is 0 Å². The van der Waals surface area contributed by atoms with Crippen molar-refractivity contribution in [3.8, 4) is 0 Å². The van der Waals surface area contributed by atoms with Crippen molar-refractivity contribution < 1.29 is 19.1 Å². The van der Waals surface area contributed by atoms with Crippen molar-refractivity contribution in [2.45, 2.75) is 32.6 Å². The van der Waals surface area contributed by atoms with E-state index in [0.29, 0.717) is 16.2 Å². The normalized spacial score (nSPS) is 14.1. The molecule has 24 heavy (non-hydrogen) atoms. The molecule has 0 saturated carbocycles. The van der Waals surface area contributed by atoms with Crippen LogP contribution in [0.3, 0.4) is 0 Å². The van der Waals surface area contributed by atoms with Crippen molar-refractivity contribution in [3.05, 3.63) is 40.8 Å². The highest BCUT2D eigenvalue weighted by molar-refractivity contribution is 8.04. The molecule has 0 fully saturated rings. The van der Waals surface area contributed by atoms with Crippen molar-refractivity contribution in [1.29, 1.82) is 0 Å². The second-order valence-electron chi connectivity index (χ2n) is 5.43. The van der Waals surface area contributed by atoms with Gasteiger partial charge in [0, 0.05) is 6.08 Å². The number of methoxy groups -OCH3 is 1. The van der Waals surface area contributed by atoms with Gasteiger partial charge in [-0.05, 0) is 36.4 Å². The molecule has 2 amide bonds. The van der Waals surface area contributed by atoms with Gasteiger partial charge in [-0.2, -0.15) is 0 Å². The summed E-state index contributed by atoms with van der Waals surface area (Å²) in [5, 5.41) is 0. The van der Waals surface area contributed by atoms with E-state index in [1.54, 1.807) is 12.1 Å². The Kier molecular flexibility index (Phi) is 6.61. The van der Waals surface area contributed by atoms with Gasteiger partial charge in [0.1, 0.15) is 0 Å². The van der Waals surface area contributed by atoms with Crippen molar-refractivity contribution in [2.75, 3.05) is 17.8 Å². The fourth-order valence-corrected chi connectivity index (χ4v) is 3.34. The van der Waals surface area contributed by atoms with Crippen molar-refractivity contribution in [3.63, 3.8) is 0 Å². The molecular weight excluding hydrogens is 326 g/mol. The van der Waals surface area contributed by atoms with Gasteiger partial charge in [0.05, 0.1) is 23.3 Å². The maximum absolute atomic E-state index is 12.4. The molecule has 1 aliphatic rings. The second-order valence-corrected chi connectivity index (χ2v) is 6.57. The number of ether oxygens (including phenoxy) is 1. The summed E-state index contributed by atoms with van der Waals surface area (Å²) < 4.78 is 4.63. The van der Waals surface area contributed by atoms with E-state index in [1.807, 2.05) is 0 Å². The predicted molar refractivity (Wildman–Crippen MR) is 95.0 cm³/mol. The molecule has 2 rings (SSSR count). The van der Waals surface area contributed by atoms with Crippen LogP contribution in [0.15, 0.2) is 35.2 Å². The number of esters is 1. The Morgan fingerprint density at radius 3 is 2.46 bits per heavy atom. The van der Waals surface area contributed by atoms with Gasteiger partial charge in [-0.3, -0.25) is 9.59 Å². The predicted octanol–water partition coefficient (Wildman–Crippen LogP) is 3.54. The van der Waals surface area contributed by atoms with Crippen LogP contribution in [0.5, 0.6) is 0 Å². The fraction of sp³-hybridized carbons (Fsp3) is 0.389. The Morgan fingerprint density at radius 2 is 1.83 bits per heavy atom. The van der Waals surface area contributed by atoms with Gasteiger partial charge in [0.15, 0.2) is 0 Å². The fourth-order valence-electron chi connectivity index (χ4n) is 2.37. The molecule has 0 radical (unpaired) electrons. The van der Waals surface area contributed by atoms with Gasteiger partial charge in [0.2, 0.25) is 0 Å². The summed E-state index contributed by atoms with van der Waals surface area (Å²) in [6, 6.07) is 6.23. The van der Waals surface area contributed by atoms with E-state index in [9.17, 15) is 14.4 Å². The van der Waals surface area contributed by atoms with E-state index in [2.05, 4.69) is 11.7 Å². The average molecular weight is 347 g/mol. The van der Waals surface area contributed by atoms with E-state index >= 15 is 0 Å². The lowest BCUT2D eigenvalue weighted by atomic mass is 10.2. The number of anilines is 1. The van der Waals surface area contributed by atoms with Crippen LogP contribution in [-0.4, -0.2) is 30.6 Å². The molecule has 0 aliphatic carbocycles. The van der Waals surface area contributed by atoms with Crippen LogP contribution in [0.25, 0.3) is 0 Å². The third-order valence-corrected chi connectivity index (χ3v) is 4.79. The lowest BCUT2D eigenvalue weighted by molar-refractivity contribution is -0.120. The molecule has 1 aliphatic heterocycles. The minimum absolute atomic E-state index is 0.300. The van der Waals surface area contributed by atoms with E-state index in [-0.39, 0.29) is 11.8 Å². The summed E-state index contributed by atoms with van der Waals surface area (Å²) >= 11 is 1.43. The molecule has 5 nitrogen and oxygen atoms in total. The number of hydrogen-bond acceptors (Lipinski definition) is 5. The van der Waals surface area contributed by atoms with Crippen LogP contribution >= 0.6 is 11.8 Å². The zero-order valence-corrected chi connectivity index (χ0v) is 14.7. The second kappa shape index (κ2) is 8.68. The number of amides is 2. The first kappa shape index (κ1) is 18.3. The molecule has 0 spiro atoms. The standard InChI is InChI=1S/C18H21NO4S/c1-3-4-5-6-11-24-15-12-16(20)19(17(15)21)14-9-7-13(8-10-14)18(22)23-2/h7-10,12H,3-6,11H2,1-2H3. The Balaban J connectivity index is 1.99. The minimum atomic E-state index is -0.456. The van der Waals surface area contributed by atoms with Crippen LogP contribution in [0.1, 0.15) is 43.0 Å². The quantitative estimate of drug-likeness (QED) is 0.409. The maximum Gasteiger partial charge on any atom is 0.337 e. The highest BCUT2D eigenvalue weighted by Crippen LogP contribution is 2.29. The zero-order valence-electron chi connectivity index (χ0n) is 13.9. The highest BCUT2D eigenvalue weighted by Gasteiger charge is 2.32. The Hall–Kier alpha value is -2.08. The first-order valence-corrected chi connectivity index (χ1v) is 8.98. The number of rotatable bonds is 8. The largest absolute Gasteiger partial charge is 0.465 e. The van der Waals surface area contributed by atoms with Crippen LogP contribution in [0, 0.1) is 0 Å². The Morgan fingerprint density at radius 1 is 1.12 bits per heavy atom. The van der Waals surface area contributed by atoms with Gasteiger partial charge < -0.3 is 4.74 Å². The number of unbranched alkanes of at least 4 members (excludes halogenated alkanes) is 3. The average Bonchev–Trinajstić information content (AvgIpc) is 2.88. The minimum Gasteiger partial charge on any atom is -0.465 e. The molecule has 6 heteroatoms. The van der Waals surface area contributed by atoms with Crippen molar-refractivity contribution in [1.82, 2.24) is 0 Å². The number of benzene rings is 1. The van der Waals surface area contributed by atoms with E-state index in [0.717, 1.165) is 23.5 Å². The van der Waals surface area contributed by atoms with Crippen LogP contribution in [0.4, 0.5) is 5.69 Å². The van der Waals surface area contributed by atoms with E-state index in [1.165, 1.54) is 49.9 Å². The van der Waals surface area contributed by atoms with Gasteiger partial charge >= 0.3 is 5.97 Å². The van der Waals surface area contributed by atoms with Crippen molar-refractivity contribution in [2.24, 2.45) is 0 Å². The maximum atomic E-state index is 12.4. The smallest absolute Gasteiger partial charge is 0.337 e. The third-order valence-electron chi connectivity index (χ3n) is 3.69. The Bertz CT molecular complexity index is 651. The molecule has 1 aromatic carbocycles. The zero-order chi connectivity index (χ0) is 17.5. The summed E-state index contributed by atoms with van der Waals surface area (Å²) in [5.74, 6) is -0.268. The number of carbonyl (C=O) groups is 3. The summed E-state index contributed by atoms with van der Waals surface area (Å²) in [4.78, 5) is 37.6. The first-order chi connectivity index (χ1) is 11.6. The first-order valence-electron chi connectivity index (χ1n) is 7.99. The summed E-state index contributed by atoms with van der Waals surface area (Å²) in [6.45, 7) is 2.15. The lowest BCUT2D eigenvalue weighted by Gasteiger charge is -2.15. The van der Waals surface area contributed by atoms with Crippen LogP contribution in [-0.2, 0) is 14.3 Å². The number of carbonyl (C=O) groups excluding carboxylic acids is 3. The summed E-state index contributed by atoms with van der Waals surface area (Å²) in [6.07, 6.45) is 5.91. The van der Waals surface area contributed by atoms with Gasteiger partial charge in [-0.1, -0.05) is 26.2 Å². The molecule has 128 valence electrons. The molecular formula is C18H21NO4S. The Labute approximate surface area is 146 Å². The SMILES string of the molecule is CCCCCCSC1=CC(=O)N(c2ccc(C(=O)OC)cc2)C1=O. The van der Waals surface area contributed by atoms with Crippen LogP contribution < -0.4 is 4.90 Å². The van der Waals surface area contributed by atoms with Crippen molar-refractivity contribution >= 4 is 35.2 Å². The van der Waals surface area contributed by atoms with Gasteiger partial charge in [0.25, 0.3) is 11.8 Å². The van der Waals surface area contributed by atoms with Crippen LogP contribution in [0.2, 0.25) is 0 Å². The highest BCUT2D eigenvalue weighted by atomic mass is 32.2. The van der Waals surface area contributed by atoms with Gasteiger partial charge in [-0.25, -0.2) is 9.69 Å². The molecule has 0 N–H and O–H groups in total. The number of imide groups is 1. The number of thioether (sulfide) groups is 1. The number of nitrogens with zero attached hydrogens (tertiary/aromatic N) is 1. The topological polar surface area (TPSA) is 63.7 Å². The molecule has 0 saturated heterocycles. The molecule has 0 atom stereocenters. The molecule has 0 bridgehead atoms. The third kappa shape index (κ3) is 4.26. The summed E-state index contributed by atoms with van der Waals surface area (Å²) in [5.41, 5.74) is 0.828. The molecule has 0 aromatic heterocycles. The molecule has 0 unspecified atom stereocenters. The summed E-state index contributed by atoms with van der Waals surface area (Å²) in [7, 11) is 1.30.